The highest BCUT2D eigenvalue weighted by molar-refractivity contribution is 7.89. The van der Waals surface area contributed by atoms with Gasteiger partial charge in [-0.05, 0) is 19.1 Å². The van der Waals surface area contributed by atoms with Gasteiger partial charge in [-0.25, -0.2) is 12.7 Å². The minimum atomic E-state index is -3.37. The number of hydrogen-bond acceptors (Lipinski definition) is 5. The van der Waals surface area contributed by atoms with Gasteiger partial charge in [-0.2, -0.15) is 0 Å². The van der Waals surface area contributed by atoms with E-state index in [9.17, 15) is 18.3 Å². The molecule has 1 saturated heterocycles. The van der Waals surface area contributed by atoms with E-state index in [2.05, 4.69) is 5.32 Å². The van der Waals surface area contributed by atoms with E-state index in [0.717, 1.165) is 0 Å². The molecule has 1 heterocycles. The van der Waals surface area contributed by atoms with Crippen molar-refractivity contribution in [3.63, 3.8) is 0 Å². The molecule has 0 bridgehead atoms. The molecular formula is C15H22N2O5S. The van der Waals surface area contributed by atoms with E-state index in [1.54, 1.807) is 19.1 Å². The van der Waals surface area contributed by atoms with Crippen LogP contribution in [0, 0.1) is 12.8 Å². The molecule has 23 heavy (non-hydrogen) atoms. The number of sulfonamides is 1. The standard InChI is InChI=1S/C15H22N2O5S/c1-10-12(5-4-6-14(10)18)15(19)16-13-8-22-7-11(13)9-23(20,21)17(2)3/h4-6,11,13,18H,7-9H2,1-3H3,(H,16,19). The number of amides is 1. The average molecular weight is 342 g/mol. The summed E-state index contributed by atoms with van der Waals surface area (Å²) in [5.74, 6) is -0.679. The second kappa shape index (κ2) is 6.86. The van der Waals surface area contributed by atoms with Crippen LogP contribution in [-0.2, 0) is 14.8 Å². The summed E-state index contributed by atoms with van der Waals surface area (Å²) in [6.45, 7) is 2.22. The van der Waals surface area contributed by atoms with Crippen molar-refractivity contribution in [1.29, 1.82) is 0 Å². The van der Waals surface area contributed by atoms with Crippen LogP contribution in [0.1, 0.15) is 15.9 Å². The Morgan fingerprint density at radius 2 is 2.09 bits per heavy atom. The Bertz CT molecular complexity index is 687. The molecule has 1 aromatic rings. The molecule has 2 rings (SSSR count). The van der Waals surface area contributed by atoms with Gasteiger partial charge in [0.05, 0.1) is 25.0 Å². The first-order valence-corrected chi connectivity index (χ1v) is 8.90. The summed E-state index contributed by atoms with van der Waals surface area (Å²) < 4.78 is 30.5. The molecule has 1 aromatic carbocycles. The van der Waals surface area contributed by atoms with Crippen molar-refractivity contribution in [2.24, 2.45) is 5.92 Å². The van der Waals surface area contributed by atoms with Crippen LogP contribution in [0.25, 0.3) is 0 Å². The van der Waals surface area contributed by atoms with Crippen molar-refractivity contribution in [2.45, 2.75) is 13.0 Å². The van der Waals surface area contributed by atoms with Gasteiger partial charge in [0.1, 0.15) is 5.75 Å². The topological polar surface area (TPSA) is 95.9 Å². The highest BCUT2D eigenvalue weighted by Gasteiger charge is 2.34. The number of ether oxygens (including phenoxy) is 1. The predicted molar refractivity (Wildman–Crippen MR) is 85.9 cm³/mol. The van der Waals surface area contributed by atoms with E-state index in [4.69, 9.17) is 4.74 Å². The number of phenols is 1. The largest absolute Gasteiger partial charge is 0.508 e. The quantitative estimate of drug-likeness (QED) is 0.804. The van der Waals surface area contributed by atoms with Crippen LogP contribution in [0.3, 0.4) is 0 Å². The van der Waals surface area contributed by atoms with Gasteiger partial charge < -0.3 is 15.2 Å². The second-order valence-corrected chi connectivity index (χ2v) is 8.12. The summed E-state index contributed by atoms with van der Waals surface area (Å²) in [5, 5.41) is 12.5. The van der Waals surface area contributed by atoms with Gasteiger partial charge in [-0.15, -0.1) is 0 Å². The molecule has 1 aliphatic heterocycles. The van der Waals surface area contributed by atoms with Crippen molar-refractivity contribution in [2.75, 3.05) is 33.1 Å². The third-order valence-electron chi connectivity index (χ3n) is 4.05. The number of hydrogen-bond donors (Lipinski definition) is 2. The van der Waals surface area contributed by atoms with Crippen LogP contribution in [0.4, 0.5) is 0 Å². The van der Waals surface area contributed by atoms with Gasteiger partial charge in [0.2, 0.25) is 10.0 Å². The molecule has 0 saturated carbocycles. The Labute approximate surface area is 136 Å². The van der Waals surface area contributed by atoms with E-state index in [-0.39, 0.29) is 42.6 Å². The fourth-order valence-electron chi connectivity index (χ4n) is 2.46. The average Bonchev–Trinajstić information content (AvgIpc) is 2.88. The summed E-state index contributed by atoms with van der Waals surface area (Å²) in [7, 11) is -0.406. The van der Waals surface area contributed by atoms with Crippen LogP contribution in [0.15, 0.2) is 18.2 Å². The molecule has 1 aliphatic rings. The van der Waals surface area contributed by atoms with Gasteiger partial charge >= 0.3 is 0 Å². The van der Waals surface area contributed by atoms with Crippen LogP contribution in [0.5, 0.6) is 5.75 Å². The van der Waals surface area contributed by atoms with E-state index in [0.29, 0.717) is 11.1 Å². The third kappa shape index (κ3) is 4.01. The number of carbonyl (C=O) groups is 1. The molecule has 2 atom stereocenters. The van der Waals surface area contributed by atoms with Gasteiger partial charge in [-0.1, -0.05) is 6.07 Å². The third-order valence-corrected chi connectivity index (χ3v) is 6.01. The zero-order chi connectivity index (χ0) is 17.2. The fraction of sp³-hybridized carbons (Fsp3) is 0.533. The lowest BCUT2D eigenvalue weighted by Gasteiger charge is -2.21. The second-order valence-electron chi connectivity index (χ2n) is 5.89. The molecule has 2 unspecified atom stereocenters. The Kier molecular flexibility index (Phi) is 5.28. The van der Waals surface area contributed by atoms with Gasteiger partial charge in [0.25, 0.3) is 5.91 Å². The minimum Gasteiger partial charge on any atom is -0.508 e. The maximum Gasteiger partial charge on any atom is 0.251 e. The molecule has 0 aliphatic carbocycles. The number of nitrogens with one attached hydrogen (secondary N) is 1. The monoisotopic (exact) mass is 342 g/mol. The van der Waals surface area contributed by atoms with Crippen LogP contribution >= 0.6 is 0 Å². The maximum absolute atomic E-state index is 12.4. The molecule has 1 amide bonds. The van der Waals surface area contributed by atoms with Crippen molar-refractivity contribution in [1.82, 2.24) is 9.62 Å². The zero-order valence-corrected chi connectivity index (χ0v) is 14.3. The summed E-state index contributed by atoms with van der Waals surface area (Å²) >= 11 is 0. The molecular weight excluding hydrogens is 320 g/mol. The van der Waals surface area contributed by atoms with Crippen molar-refractivity contribution in [3.8, 4) is 5.75 Å². The highest BCUT2D eigenvalue weighted by Crippen LogP contribution is 2.21. The molecule has 0 radical (unpaired) electrons. The lowest BCUT2D eigenvalue weighted by Crippen LogP contribution is -2.43. The lowest BCUT2D eigenvalue weighted by molar-refractivity contribution is 0.0925. The van der Waals surface area contributed by atoms with Gasteiger partial charge in [0.15, 0.2) is 0 Å². The highest BCUT2D eigenvalue weighted by atomic mass is 32.2. The number of carbonyl (C=O) groups excluding carboxylic acids is 1. The van der Waals surface area contributed by atoms with Crippen LogP contribution in [0.2, 0.25) is 0 Å². The normalized spacial score (nSPS) is 21.6. The summed E-state index contributed by atoms with van der Waals surface area (Å²) in [4.78, 5) is 12.4. The number of benzene rings is 1. The maximum atomic E-state index is 12.4. The SMILES string of the molecule is Cc1c(O)cccc1C(=O)NC1COCC1CS(=O)(=O)N(C)C. The molecule has 0 spiro atoms. The van der Waals surface area contributed by atoms with E-state index in [1.165, 1.54) is 24.5 Å². The fourth-order valence-corrected chi connectivity index (χ4v) is 3.63. The van der Waals surface area contributed by atoms with E-state index >= 15 is 0 Å². The Hall–Kier alpha value is -1.64. The lowest BCUT2D eigenvalue weighted by atomic mass is 10.0. The molecule has 0 aromatic heterocycles. The van der Waals surface area contributed by atoms with Gasteiger partial charge in [0, 0.05) is 31.1 Å². The summed E-state index contributed by atoms with van der Waals surface area (Å²) in [6, 6.07) is 4.35. The van der Waals surface area contributed by atoms with E-state index in [1.807, 2.05) is 0 Å². The van der Waals surface area contributed by atoms with Gasteiger partial charge in [-0.3, -0.25) is 4.79 Å². The van der Waals surface area contributed by atoms with Crippen LogP contribution in [-0.4, -0.2) is 62.8 Å². The number of nitrogens with zero attached hydrogens (tertiary/aromatic N) is 1. The van der Waals surface area contributed by atoms with Crippen LogP contribution < -0.4 is 5.32 Å². The Morgan fingerprint density at radius 3 is 2.74 bits per heavy atom. The first-order chi connectivity index (χ1) is 10.7. The minimum absolute atomic E-state index is 0.0482. The number of rotatable bonds is 5. The smallest absolute Gasteiger partial charge is 0.251 e. The number of phenolic OH excluding ortho intramolecular Hbond substituents is 1. The molecule has 8 heteroatoms. The van der Waals surface area contributed by atoms with Crippen molar-refractivity contribution < 1.29 is 23.1 Å². The Balaban J connectivity index is 2.09. The van der Waals surface area contributed by atoms with Crippen molar-refractivity contribution >= 4 is 15.9 Å². The first-order valence-electron chi connectivity index (χ1n) is 7.29. The van der Waals surface area contributed by atoms with Crippen molar-refractivity contribution in [3.05, 3.63) is 29.3 Å². The predicted octanol–water partition coefficient (Wildman–Crippen LogP) is 0.337. The molecule has 1 fully saturated rings. The summed E-state index contributed by atoms with van der Waals surface area (Å²) in [5.41, 5.74) is 0.854. The molecule has 2 N–H and O–H groups in total. The first kappa shape index (κ1) is 17.7. The zero-order valence-electron chi connectivity index (χ0n) is 13.4. The Morgan fingerprint density at radius 1 is 1.39 bits per heavy atom. The van der Waals surface area contributed by atoms with E-state index < -0.39 is 10.0 Å². The molecule has 128 valence electrons. The molecule has 7 nitrogen and oxygen atoms in total. The number of aromatic hydroxyl groups is 1. The summed E-state index contributed by atoms with van der Waals surface area (Å²) in [6.07, 6.45) is 0.